The summed E-state index contributed by atoms with van der Waals surface area (Å²) in [6, 6.07) is 11.2. The molecule has 0 fully saturated rings. The van der Waals surface area contributed by atoms with Crippen LogP contribution >= 0.6 is 0 Å². The van der Waals surface area contributed by atoms with Crippen LogP contribution in [-0.2, 0) is 21.4 Å². The minimum Gasteiger partial charge on any atom is -0.494 e. The fourth-order valence-electron chi connectivity index (χ4n) is 3.27. The number of hydrogen-bond acceptors (Lipinski definition) is 6. The molecular weight excluding hydrogens is 408 g/mol. The normalized spacial score (nSPS) is 13.6. The molecule has 0 unspecified atom stereocenters. The second-order valence-electron chi connectivity index (χ2n) is 6.82. The Morgan fingerprint density at radius 3 is 2.47 bits per heavy atom. The molecule has 3 rings (SSSR count). The largest absolute Gasteiger partial charge is 0.494 e. The number of nitrogens with zero attached hydrogens (tertiary/aromatic N) is 1. The van der Waals surface area contributed by atoms with Gasteiger partial charge in [-0.05, 0) is 55.3 Å². The summed E-state index contributed by atoms with van der Waals surface area (Å²) in [7, 11) is -3.70. The van der Waals surface area contributed by atoms with E-state index in [0.717, 1.165) is 16.1 Å². The van der Waals surface area contributed by atoms with Gasteiger partial charge < -0.3 is 19.5 Å². The Kier molecular flexibility index (Phi) is 6.71. The van der Waals surface area contributed by atoms with Crippen molar-refractivity contribution in [2.45, 2.75) is 32.9 Å². The van der Waals surface area contributed by atoms with E-state index in [0.29, 0.717) is 36.0 Å². The van der Waals surface area contributed by atoms with Crippen LogP contribution in [0.1, 0.15) is 25.8 Å². The van der Waals surface area contributed by atoms with Crippen LogP contribution in [0, 0.1) is 0 Å². The Morgan fingerprint density at radius 1 is 1.13 bits per heavy atom. The number of carbonyl (C=O) groups excluding carboxylic acids is 1. The van der Waals surface area contributed by atoms with Gasteiger partial charge in [-0.25, -0.2) is 8.42 Å². The first-order valence-electron chi connectivity index (χ1n) is 9.72. The Bertz CT molecular complexity index is 991. The molecule has 0 saturated heterocycles. The molecule has 0 spiro atoms. The van der Waals surface area contributed by atoms with E-state index >= 15 is 0 Å². The molecule has 0 bridgehead atoms. The predicted molar refractivity (Wildman–Crippen MR) is 113 cm³/mol. The number of carbonyl (C=O) groups is 1. The maximum atomic E-state index is 12.9. The van der Waals surface area contributed by atoms with Crippen molar-refractivity contribution in [2.24, 2.45) is 0 Å². The molecule has 0 radical (unpaired) electrons. The molecule has 8 nitrogen and oxygen atoms in total. The standard InChI is InChI=1S/C21H26N2O6S/c1-4-18(21(24)22-13-15-6-11-19-20(12-15)29-14-28-19)23(30(3,25)26)16-7-9-17(10-8-16)27-5-2/h6-12,18H,4-5,13-14H2,1-3H3,(H,22,24)/t18-/m1/s1. The van der Waals surface area contributed by atoms with Crippen LogP contribution in [-0.4, -0.2) is 40.0 Å². The van der Waals surface area contributed by atoms with Crippen LogP contribution in [0.4, 0.5) is 5.69 Å². The minimum atomic E-state index is -3.70. The monoisotopic (exact) mass is 434 g/mol. The lowest BCUT2D eigenvalue weighted by Crippen LogP contribution is -2.49. The van der Waals surface area contributed by atoms with E-state index in [4.69, 9.17) is 14.2 Å². The Hall–Kier alpha value is -2.94. The average molecular weight is 435 g/mol. The number of benzene rings is 2. The van der Waals surface area contributed by atoms with Gasteiger partial charge >= 0.3 is 0 Å². The summed E-state index contributed by atoms with van der Waals surface area (Å²) in [5, 5.41) is 2.83. The van der Waals surface area contributed by atoms with Gasteiger partial charge in [0.25, 0.3) is 0 Å². The summed E-state index contributed by atoms with van der Waals surface area (Å²) in [4.78, 5) is 12.9. The second-order valence-corrected chi connectivity index (χ2v) is 8.67. The average Bonchev–Trinajstić information content (AvgIpc) is 3.18. The molecule has 1 atom stereocenters. The molecule has 1 heterocycles. The van der Waals surface area contributed by atoms with Gasteiger partial charge in [-0.15, -0.1) is 0 Å². The fraction of sp³-hybridized carbons (Fsp3) is 0.381. The summed E-state index contributed by atoms with van der Waals surface area (Å²) in [5.41, 5.74) is 1.24. The van der Waals surface area contributed by atoms with Gasteiger partial charge in [0.15, 0.2) is 11.5 Å². The number of fused-ring (bicyclic) bond motifs is 1. The van der Waals surface area contributed by atoms with E-state index in [9.17, 15) is 13.2 Å². The van der Waals surface area contributed by atoms with Crippen molar-refractivity contribution in [3.05, 3.63) is 48.0 Å². The zero-order valence-electron chi connectivity index (χ0n) is 17.3. The van der Waals surface area contributed by atoms with Gasteiger partial charge in [0, 0.05) is 6.54 Å². The van der Waals surface area contributed by atoms with Gasteiger partial charge in [-0.3, -0.25) is 9.10 Å². The molecule has 0 aromatic heterocycles. The number of ether oxygens (including phenoxy) is 3. The third-order valence-corrected chi connectivity index (χ3v) is 5.82. The highest BCUT2D eigenvalue weighted by molar-refractivity contribution is 7.92. The second kappa shape index (κ2) is 9.25. The lowest BCUT2D eigenvalue weighted by Gasteiger charge is -2.30. The van der Waals surface area contributed by atoms with Crippen LogP contribution in [0.25, 0.3) is 0 Å². The fourth-order valence-corrected chi connectivity index (χ4v) is 4.49. The highest BCUT2D eigenvalue weighted by Gasteiger charge is 2.31. The molecule has 0 saturated carbocycles. The number of hydrogen-bond donors (Lipinski definition) is 1. The summed E-state index contributed by atoms with van der Waals surface area (Å²) in [6.45, 7) is 4.57. The van der Waals surface area contributed by atoms with Crippen molar-refractivity contribution >= 4 is 21.6 Å². The SMILES string of the molecule is CCOc1ccc(N([C@H](CC)C(=O)NCc2ccc3c(c2)OCO3)S(C)(=O)=O)cc1. The van der Waals surface area contributed by atoms with Gasteiger partial charge in [0.1, 0.15) is 11.8 Å². The lowest BCUT2D eigenvalue weighted by molar-refractivity contribution is -0.122. The van der Waals surface area contributed by atoms with Gasteiger partial charge in [0.2, 0.25) is 22.7 Å². The molecule has 30 heavy (non-hydrogen) atoms. The van der Waals surface area contributed by atoms with Crippen molar-refractivity contribution < 1.29 is 27.4 Å². The van der Waals surface area contributed by atoms with Crippen LogP contribution in [0.2, 0.25) is 0 Å². The molecule has 2 aromatic carbocycles. The van der Waals surface area contributed by atoms with Crippen molar-refractivity contribution in [1.29, 1.82) is 0 Å². The first kappa shape index (κ1) is 21.8. The van der Waals surface area contributed by atoms with E-state index in [2.05, 4.69) is 5.32 Å². The first-order valence-corrected chi connectivity index (χ1v) is 11.6. The molecule has 1 aliphatic heterocycles. The van der Waals surface area contributed by atoms with Crippen LogP contribution < -0.4 is 23.8 Å². The van der Waals surface area contributed by atoms with E-state index < -0.39 is 16.1 Å². The van der Waals surface area contributed by atoms with Crippen molar-refractivity contribution in [2.75, 3.05) is 24.0 Å². The maximum absolute atomic E-state index is 12.9. The van der Waals surface area contributed by atoms with Crippen molar-refractivity contribution in [3.8, 4) is 17.2 Å². The molecule has 9 heteroatoms. The van der Waals surface area contributed by atoms with Gasteiger partial charge in [-0.2, -0.15) is 0 Å². The Morgan fingerprint density at radius 2 is 1.83 bits per heavy atom. The number of amides is 1. The highest BCUT2D eigenvalue weighted by Crippen LogP contribution is 2.32. The molecular formula is C21H26N2O6S. The summed E-state index contributed by atoms with van der Waals surface area (Å²) in [6.07, 6.45) is 1.41. The Labute approximate surface area is 176 Å². The number of rotatable bonds is 9. The summed E-state index contributed by atoms with van der Waals surface area (Å²) in [5.74, 6) is 1.54. The van der Waals surface area contributed by atoms with Gasteiger partial charge in [-0.1, -0.05) is 13.0 Å². The zero-order valence-corrected chi connectivity index (χ0v) is 18.1. The predicted octanol–water partition coefficient (Wildman–Crippen LogP) is 2.68. The molecule has 1 aliphatic rings. The van der Waals surface area contributed by atoms with Crippen LogP contribution in [0.5, 0.6) is 17.2 Å². The molecule has 162 valence electrons. The van der Waals surface area contributed by atoms with E-state index in [-0.39, 0.29) is 19.2 Å². The third kappa shape index (κ3) is 4.96. The molecule has 2 aromatic rings. The number of anilines is 1. The number of sulfonamides is 1. The quantitative estimate of drug-likeness (QED) is 0.652. The summed E-state index contributed by atoms with van der Waals surface area (Å²) < 4.78 is 42.3. The van der Waals surface area contributed by atoms with Crippen molar-refractivity contribution in [1.82, 2.24) is 5.32 Å². The van der Waals surface area contributed by atoms with Gasteiger partial charge in [0.05, 0.1) is 18.6 Å². The maximum Gasteiger partial charge on any atom is 0.244 e. The van der Waals surface area contributed by atoms with E-state index in [1.54, 1.807) is 43.3 Å². The molecule has 0 aliphatic carbocycles. The first-order chi connectivity index (χ1) is 14.3. The molecule has 1 amide bonds. The lowest BCUT2D eigenvalue weighted by atomic mass is 10.1. The smallest absolute Gasteiger partial charge is 0.244 e. The highest BCUT2D eigenvalue weighted by atomic mass is 32.2. The Balaban J connectivity index is 1.76. The van der Waals surface area contributed by atoms with Crippen LogP contribution in [0.3, 0.4) is 0 Å². The van der Waals surface area contributed by atoms with Crippen molar-refractivity contribution in [3.63, 3.8) is 0 Å². The minimum absolute atomic E-state index is 0.175. The van der Waals surface area contributed by atoms with Crippen LogP contribution in [0.15, 0.2) is 42.5 Å². The van der Waals surface area contributed by atoms with E-state index in [1.807, 2.05) is 13.0 Å². The zero-order chi connectivity index (χ0) is 21.7. The topological polar surface area (TPSA) is 94.2 Å². The van der Waals surface area contributed by atoms with E-state index in [1.165, 1.54) is 0 Å². The summed E-state index contributed by atoms with van der Waals surface area (Å²) >= 11 is 0. The third-order valence-electron chi connectivity index (χ3n) is 4.64. The molecule has 1 N–H and O–H groups in total. The number of nitrogens with one attached hydrogen (secondary N) is 1.